The summed E-state index contributed by atoms with van der Waals surface area (Å²) < 4.78 is 10.6. The Bertz CT molecular complexity index is 544. The number of aromatic hydroxyl groups is 1. The third kappa shape index (κ3) is 3.24. The monoisotopic (exact) mass is 294 g/mol. The number of benzene rings is 1. The van der Waals surface area contributed by atoms with Crippen molar-refractivity contribution in [3.05, 3.63) is 52.5 Å². The van der Waals surface area contributed by atoms with Gasteiger partial charge in [0, 0.05) is 12.1 Å². The van der Waals surface area contributed by atoms with Crippen LogP contribution in [0.3, 0.4) is 0 Å². The lowest BCUT2D eigenvalue weighted by Gasteiger charge is -2.27. The van der Waals surface area contributed by atoms with Crippen molar-refractivity contribution < 1.29 is 19.5 Å². The first-order valence-electron chi connectivity index (χ1n) is 6.22. The second kappa shape index (κ2) is 6.46. The smallest absolute Gasteiger partial charge is 0.491 e. The van der Waals surface area contributed by atoms with Crippen LogP contribution in [0.1, 0.15) is 18.1 Å². The molecule has 1 aromatic rings. The van der Waals surface area contributed by atoms with Crippen LogP contribution in [0.5, 0.6) is 5.75 Å². The molecule has 1 aliphatic heterocycles. The molecule has 0 aromatic heterocycles. The van der Waals surface area contributed by atoms with Crippen LogP contribution in [0.25, 0.3) is 0 Å². The number of rotatable bonds is 4. The molecule has 20 heavy (non-hydrogen) atoms. The lowest BCUT2D eigenvalue weighted by atomic mass is 9.71. The molecule has 1 heterocycles. The van der Waals surface area contributed by atoms with Crippen LogP contribution in [-0.2, 0) is 9.39 Å². The van der Waals surface area contributed by atoms with E-state index in [9.17, 15) is 10.1 Å². The minimum absolute atomic E-state index is 0.0970. The maximum Gasteiger partial charge on any atom is 0.491 e. The van der Waals surface area contributed by atoms with Gasteiger partial charge in [-0.1, -0.05) is 30.3 Å². The van der Waals surface area contributed by atoms with Gasteiger partial charge in [-0.15, -0.1) is 0 Å². The van der Waals surface area contributed by atoms with Crippen molar-refractivity contribution in [2.45, 2.75) is 12.5 Å². The van der Waals surface area contributed by atoms with Gasteiger partial charge < -0.3 is 19.5 Å². The largest absolute Gasteiger partial charge is 0.508 e. The number of hydrogen-bond acceptors (Lipinski definition) is 4. The molecule has 0 fully saturated rings. The molecule has 0 bridgehead atoms. The van der Waals surface area contributed by atoms with Gasteiger partial charge in [-0.05, 0) is 35.2 Å². The number of phenolic OH excluding ortho intramolecular Hbond substituents is 1. The SMILES string of the molecule is C=C(COC)C1=CCC(c2ccc(O)cc2Cl)OB1O. The van der Waals surface area contributed by atoms with Crippen LogP contribution in [-0.4, -0.2) is 31.0 Å². The highest BCUT2D eigenvalue weighted by atomic mass is 35.5. The van der Waals surface area contributed by atoms with Gasteiger partial charge >= 0.3 is 7.12 Å². The van der Waals surface area contributed by atoms with Gasteiger partial charge in [0.2, 0.25) is 0 Å². The normalized spacial score (nSPS) is 18.9. The summed E-state index contributed by atoms with van der Waals surface area (Å²) in [6.07, 6.45) is 2.10. The standard InChI is InChI=1S/C14H16BClO4/c1-9(8-19-2)12-5-6-14(20-15(12)18)11-4-3-10(17)7-13(11)16/h3-5,7,14,17-18H,1,6,8H2,2H3. The Kier molecular flexibility index (Phi) is 4.88. The highest BCUT2D eigenvalue weighted by Gasteiger charge is 2.31. The Morgan fingerprint density at radius 3 is 2.95 bits per heavy atom. The predicted molar refractivity (Wildman–Crippen MR) is 78.6 cm³/mol. The maximum atomic E-state index is 10.0. The molecule has 106 valence electrons. The van der Waals surface area contributed by atoms with Crippen molar-refractivity contribution in [1.29, 1.82) is 0 Å². The van der Waals surface area contributed by atoms with Crippen molar-refractivity contribution >= 4 is 18.7 Å². The van der Waals surface area contributed by atoms with Gasteiger partial charge in [0.05, 0.1) is 12.7 Å². The molecule has 6 heteroatoms. The van der Waals surface area contributed by atoms with E-state index < -0.39 is 7.12 Å². The summed E-state index contributed by atoms with van der Waals surface area (Å²) in [5.74, 6) is 0.0970. The zero-order chi connectivity index (χ0) is 14.7. The fourth-order valence-electron chi connectivity index (χ4n) is 2.17. The highest BCUT2D eigenvalue weighted by Crippen LogP contribution is 2.35. The van der Waals surface area contributed by atoms with Crippen LogP contribution in [0.15, 0.2) is 41.9 Å². The molecular formula is C14H16BClO4. The number of ether oxygens (including phenoxy) is 1. The average molecular weight is 295 g/mol. The zero-order valence-electron chi connectivity index (χ0n) is 11.2. The molecule has 1 aromatic carbocycles. The maximum absolute atomic E-state index is 10.0. The van der Waals surface area contributed by atoms with E-state index in [-0.39, 0.29) is 11.9 Å². The van der Waals surface area contributed by atoms with Crippen molar-refractivity contribution in [2.75, 3.05) is 13.7 Å². The molecular weight excluding hydrogens is 278 g/mol. The third-order valence-corrected chi connectivity index (χ3v) is 3.50. The molecule has 0 spiro atoms. The first-order chi connectivity index (χ1) is 9.52. The first kappa shape index (κ1) is 15.1. The molecule has 0 saturated carbocycles. The van der Waals surface area contributed by atoms with Crippen molar-refractivity contribution in [3.63, 3.8) is 0 Å². The number of phenols is 1. The van der Waals surface area contributed by atoms with E-state index >= 15 is 0 Å². The third-order valence-electron chi connectivity index (χ3n) is 3.17. The minimum Gasteiger partial charge on any atom is -0.508 e. The Labute approximate surface area is 123 Å². The van der Waals surface area contributed by atoms with Gasteiger partial charge in [-0.3, -0.25) is 0 Å². The van der Waals surface area contributed by atoms with Crippen LogP contribution in [0.4, 0.5) is 0 Å². The second-order valence-electron chi connectivity index (χ2n) is 4.61. The summed E-state index contributed by atoms with van der Waals surface area (Å²) in [6, 6.07) is 4.69. The summed E-state index contributed by atoms with van der Waals surface area (Å²) in [6.45, 7) is 4.20. The number of halogens is 1. The minimum atomic E-state index is -1.05. The Morgan fingerprint density at radius 1 is 1.60 bits per heavy atom. The fraction of sp³-hybridized carbons (Fsp3) is 0.286. The van der Waals surface area contributed by atoms with E-state index in [1.807, 2.05) is 6.08 Å². The molecule has 1 unspecified atom stereocenters. The van der Waals surface area contributed by atoms with E-state index in [1.54, 1.807) is 19.2 Å². The summed E-state index contributed by atoms with van der Waals surface area (Å²) in [5.41, 5.74) is 2.06. The van der Waals surface area contributed by atoms with Crippen LogP contribution in [0, 0.1) is 0 Å². The van der Waals surface area contributed by atoms with E-state index in [2.05, 4.69) is 6.58 Å². The highest BCUT2D eigenvalue weighted by molar-refractivity contribution is 6.54. The molecule has 0 radical (unpaired) electrons. The molecule has 0 aliphatic carbocycles. The van der Waals surface area contributed by atoms with Crippen molar-refractivity contribution in [2.24, 2.45) is 0 Å². The molecule has 4 nitrogen and oxygen atoms in total. The van der Waals surface area contributed by atoms with E-state index in [1.165, 1.54) is 6.07 Å². The summed E-state index contributed by atoms with van der Waals surface area (Å²) in [5, 5.41) is 19.8. The summed E-state index contributed by atoms with van der Waals surface area (Å²) >= 11 is 6.08. The van der Waals surface area contributed by atoms with Gasteiger partial charge in [0.25, 0.3) is 0 Å². The molecule has 2 rings (SSSR count). The Balaban J connectivity index is 2.17. The molecule has 2 N–H and O–H groups in total. The van der Waals surface area contributed by atoms with E-state index in [4.69, 9.17) is 21.0 Å². The first-order valence-corrected chi connectivity index (χ1v) is 6.59. The average Bonchev–Trinajstić information content (AvgIpc) is 2.38. The Morgan fingerprint density at radius 2 is 2.35 bits per heavy atom. The van der Waals surface area contributed by atoms with E-state index in [0.29, 0.717) is 29.1 Å². The quantitative estimate of drug-likeness (QED) is 0.838. The van der Waals surface area contributed by atoms with Crippen LogP contribution >= 0.6 is 11.6 Å². The zero-order valence-corrected chi connectivity index (χ0v) is 11.9. The number of methoxy groups -OCH3 is 1. The second-order valence-corrected chi connectivity index (χ2v) is 5.02. The van der Waals surface area contributed by atoms with Gasteiger partial charge in [0.15, 0.2) is 0 Å². The predicted octanol–water partition coefficient (Wildman–Crippen LogP) is 2.66. The van der Waals surface area contributed by atoms with Gasteiger partial charge in [0.1, 0.15) is 5.75 Å². The summed E-state index contributed by atoms with van der Waals surface area (Å²) in [7, 11) is 0.516. The van der Waals surface area contributed by atoms with Gasteiger partial charge in [-0.25, -0.2) is 0 Å². The van der Waals surface area contributed by atoms with Crippen LogP contribution in [0.2, 0.25) is 5.02 Å². The molecule has 0 amide bonds. The van der Waals surface area contributed by atoms with Crippen LogP contribution < -0.4 is 0 Å². The molecule has 1 aliphatic rings. The van der Waals surface area contributed by atoms with Crippen molar-refractivity contribution in [1.82, 2.24) is 0 Å². The van der Waals surface area contributed by atoms with Gasteiger partial charge in [-0.2, -0.15) is 0 Å². The molecule has 1 atom stereocenters. The Hall–Kier alpha value is -1.27. The lowest BCUT2D eigenvalue weighted by Crippen LogP contribution is -2.29. The fourth-order valence-corrected chi connectivity index (χ4v) is 2.47. The van der Waals surface area contributed by atoms with E-state index in [0.717, 1.165) is 5.56 Å². The lowest BCUT2D eigenvalue weighted by molar-refractivity contribution is 0.167. The van der Waals surface area contributed by atoms with Crippen molar-refractivity contribution in [3.8, 4) is 5.75 Å². The topological polar surface area (TPSA) is 58.9 Å². The summed E-state index contributed by atoms with van der Waals surface area (Å²) in [4.78, 5) is 0. The number of hydrogen-bond donors (Lipinski definition) is 2. The molecule has 0 saturated heterocycles.